The maximum Gasteiger partial charge on any atom is 0.310 e. The van der Waals surface area contributed by atoms with Gasteiger partial charge in [0, 0.05) is 17.5 Å². The van der Waals surface area contributed by atoms with Crippen molar-refractivity contribution >= 4 is 11.8 Å². The molecule has 0 aliphatic rings. The number of nitrogens with zero attached hydrogens (tertiary/aromatic N) is 4. The highest BCUT2D eigenvalue weighted by Gasteiger charge is 2.11. The highest BCUT2D eigenvalue weighted by Crippen LogP contribution is 2.26. The fourth-order valence-electron chi connectivity index (χ4n) is 1.19. The Bertz CT molecular complexity index is 492. The molecule has 0 aliphatic carbocycles. The van der Waals surface area contributed by atoms with Gasteiger partial charge in [0.15, 0.2) is 5.75 Å². The standard InChI is InChI=1S/C10H10N4O3/c11-13-12-6-2-1-3-8-4-5-9(14(16)17)10(15)7-8/h1,3-5,7,15H,2,6H2. The third-order valence-corrected chi connectivity index (χ3v) is 1.97. The van der Waals surface area contributed by atoms with E-state index in [2.05, 4.69) is 10.0 Å². The lowest BCUT2D eigenvalue weighted by atomic mass is 10.1. The molecule has 7 nitrogen and oxygen atoms in total. The van der Waals surface area contributed by atoms with Crippen LogP contribution in [0.4, 0.5) is 5.69 Å². The van der Waals surface area contributed by atoms with Gasteiger partial charge in [0.05, 0.1) is 4.92 Å². The van der Waals surface area contributed by atoms with Gasteiger partial charge in [0.1, 0.15) is 0 Å². The zero-order valence-electron chi connectivity index (χ0n) is 8.85. The highest BCUT2D eigenvalue weighted by molar-refractivity contribution is 5.57. The number of aromatic hydroxyl groups is 1. The Morgan fingerprint density at radius 1 is 1.59 bits per heavy atom. The van der Waals surface area contributed by atoms with Gasteiger partial charge in [-0.25, -0.2) is 0 Å². The summed E-state index contributed by atoms with van der Waals surface area (Å²) in [5.74, 6) is -0.368. The molecule has 17 heavy (non-hydrogen) atoms. The minimum absolute atomic E-state index is 0.323. The third-order valence-electron chi connectivity index (χ3n) is 1.97. The van der Waals surface area contributed by atoms with Crippen LogP contribution in [-0.4, -0.2) is 16.6 Å². The summed E-state index contributed by atoms with van der Waals surface area (Å²) in [5.41, 5.74) is 8.36. The van der Waals surface area contributed by atoms with Crippen molar-refractivity contribution < 1.29 is 10.0 Å². The summed E-state index contributed by atoms with van der Waals surface area (Å²) in [6, 6.07) is 4.08. The molecule has 0 spiro atoms. The average Bonchev–Trinajstić information content (AvgIpc) is 2.28. The van der Waals surface area contributed by atoms with Gasteiger partial charge in [0.2, 0.25) is 0 Å². The molecule has 1 aromatic rings. The van der Waals surface area contributed by atoms with Gasteiger partial charge in [0.25, 0.3) is 0 Å². The lowest BCUT2D eigenvalue weighted by molar-refractivity contribution is -0.385. The van der Waals surface area contributed by atoms with Crippen molar-refractivity contribution in [2.24, 2.45) is 5.11 Å². The Morgan fingerprint density at radius 3 is 2.94 bits per heavy atom. The van der Waals surface area contributed by atoms with Crippen LogP contribution in [0.15, 0.2) is 29.4 Å². The Kier molecular flexibility index (Phi) is 4.53. The number of hydrogen-bond acceptors (Lipinski definition) is 4. The second-order valence-electron chi connectivity index (χ2n) is 3.15. The smallest absolute Gasteiger partial charge is 0.310 e. The number of rotatable bonds is 5. The van der Waals surface area contributed by atoms with Crippen LogP contribution >= 0.6 is 0 Å². The molecule has 1 aromatic carbocycles. The van der Waals surface area contributed by atoms with E-state index in [1.807, 2.05) is 0 Å². The summed E-state index contributed by atoms with van der Waals surface area (Å²) in [7, 11) is 0. The van der Waals surface area contributed by atoms with Crippen molar-refractivity contribution in [1.82, 2.24) is 0 Å². The van der Waals surface area contributed by atoms with E-state index < -0.39 is 4.92 Å². The van der Waals surface area contributed by atoms with Crippen molar-refractivity contribution in [3.8, 4) is 5.75 Å². The van der Waals surface area contributed by atoms with Crippen molar-refractivity contribution in [2.75, 3.05) is 6.54 Å². The Balaban J connectivity index is 2.70. The summed E-state index contributed by atoms with van der Waals surface area (Å²) in [4.78, 5) is 12.4. The van der Waals surface area contributed by atoms with E-state index in [1.54, 1.807) is 12.2 Å². The first-order valence-corrected chi connectivity index (χ1v) is 4.80. The van der Waals surface area contributed by atoms with E-state index in [1.165, 1.54) is 18.2 Å². The molecule has 0 atom stereocenters. The summed E-state index contributed by atoms with van der Waals surface area (Å²) >= 11 is 0. The molecule has 0 radical (unpaired) electrons. The third kappa shape index (κ3) is 3.84. The molecule has 7 heteroatoms. The van der Waals surface area contributed by atoms with Gasteiger partial charge in [-0.15, -0.1) is 0 Å². The molecule has 0 amide bonds. The van der Waals surface area contributed by atoms with Crippen molar-refractivity contribution in [2.45, 2.75) is 6.42 Å². The minimum Gasteiger partial charge on any atom is -0.502 e. The molecular weight excluding hydrogens is 224 g/mol. The lowest BCUT2D eigenvalue weighted by Gasteiger charge is -1.97. The van der Waals surface area contributed by atoms with Crippen molar-refractivity contribution in [3.63, 3.8) is 0 Å². The van der Waals surface area contributed by atoms with E-state index in [0.29, 0.717) is 18.5 Å². The fraction of sp³-hybridized carbons (Fsp3) is 0.200. The zero-order chi connectivity index (χ0) is 12.7. The van der Waals surface area contributed by atoms with Gasteiger partial charge in [-0.1, -0.05) is 17.3 Å². The molecule has 0 saturated heterocycles. The lowest BCUT2D eigenvalue weighted by Crippen LogP contribution is -1.88. The van der Waals surface area contributed by atoms with Gasteiger partial charge in [-0.3, -0.25) is 10.1 Å². The maximum absolute atomic E-state index is 10.4. The molecule has 0 unspecified atom stereocenters. The Morgan fingerprint density at radius 2 is 2.35 bits per heavy atom. The molecule has 0 fully saturated rings. The normalized spacial score (nSPS) is 10.1. The zero-order valence-corrected chi connectivity index (χ0v) is 8.85. The fourth-order valence-corrected chi connectivity index (χ4v) is 1.19. The van der Waals surface area contributed by atoms with E-state index in [0.717, 1.165) is 0 Å². The van der Waals surface area contributed by atoms with E-state index in [-0.39, 0.29) is 11.4 Å². The molecule has 0 saturated carbocycles. The number of hydrogen-bond donors (Lipinski definition) is 1. The largest absolute Gasteiger partial charge is 0.502 e. The average molecular weight is 234 g/mol. The van der Waals surface area contributed by atoms with Crippen LogP contribution in [0.1, 0.15) is 12.0 Å². The molecule has 0 heterocycles. The van der Waals surface area contributed by atoms with Crippen LogP contribution in [-0.2, 0) is 0 Å². The van der Waals surface area contributed by atoms with Crippen LogP contribution in [0.2, 0.25) is 0 Å². The quantitative estimate of drug-likeness (QED) is 0.211. The first kappa shape index (κ1) is 12.5. The Labute approximate surface area is 96.8 Å². The van der Waals surface area contributed by atoms with Crippen LogP contribution in [0.25, 0.3) is 16.5 Å². The van der Waals surface area contributed by atoms with Gasteiger partial charge < -0.3 is 5.11 Å². The van der Waals surface area contributed by atoms with Crippen LogP contribution in [0.3, 0.4) is 0 Å². The predicted octanol–water partition coefficient (Wildman–Crippen LogP) is 3.01. The molecule has 1 rings (SSSR count). The molecular formula is C10H10N4O3. The summed E-state index contributed by atoms with van der Waals surface area (Å²) < 4.78 is 0. The van der Waals surface area contributed by atoms with Gasteiger partial charge in [-0.2, -0.15) is 0 Å². The molecule has 88 valence electrons. The number of benzene rings is 1. The van der Waals surface area contributed by atoms with E-state index >= 15 is 0 Å². The first-order chi connectivity index (χ1) is 8.15. The predicted molar refractivity (Wildman–Crippen MR) is 62.4 cm³/mol. The second kappa shape index (κ2) is 6.14. The van der Waals surface area contributed by atoms with Crippen molar-refractivity contribution in [1.29, 1.82) is 0 Å². The van der Waals surface area contributed by atoms with Crippen molar-refractivity contribution in [3.05, 3.63) is 50.4 Å². The summed E-state index contributed by atoms with van der Waals surface area (Å²) in [6.07, 6.45) is 4.02. The highest BCUT2D eigenvalue weighted by atomic mass is 16.6. The van der Waals surface area contributed by atoms with E-state index in [4.69, 9.17) is 5.53 Å². The molecule has 0 aliphatic heterocycles. The van der Waals surface area contributed by atoms with Crippen LogP contribution in [0.5, 0.6) is 5.75 Å². The SMILES string of the molecule is [N-]=[N+]=NCCC=Cc1ccc([N+](=O)[O-])c(O)c1. The number of nitro benzene ring substituents is 1. The van der Waals surface area contributed by atoms with Crippen LogP contribution < -0.4 is 0 Å². The number of phenolic OH excluding ortho intramolecular Hbond substituents is 1. The Hall–Kier alpha value is -2.53. The number of azide groups is 1. The maximum atomic E-state index is 10.4. The summed E-state index contributed by atoms with van der Waals surface area (Å²) in [6.45, 7) is 0.353. The van der Waals surface area contributed by atoms with Gasteiger partial charge in [-0.05, 0) is 29.6 Å². The molecule has 0 bridgehead atoms. The van der Waals surface area contributed by atoms with Gasteiger partial charge >= 0.3 is 5.69 Å². The minimum atomic E-state index is -0.648. The topological polar surface area (TPSA) is 112 Å². The summed E-state index contributed by atoms with van der Waals surface area (Å²) in [5, 5.41) is 23.2. The monoisotopic (exact) mass is 234 g/mol. The molecule has 1 N–H and O–H groups in total. The van der Waals surface area contributed by atoms with Crippen LogP contribution in [0, 0.1) is 10.1 Å². The first-order valence-electron chi connectivity index (χ1n) is 4.80. The van der Waals surface area contributed by atoms with E-state index in [9.17, 15) is 15.2 Å². The molecule has 0 aromatic heterocycles. The number of phenols is 1. The number of nitro groups is 1. The second-order valence-corrected chi connectivity index (χ2v) is 3.15.